The molecule has 0 unspecified atom stereocenters. The fraction of sp³-hybridized carbons (Fsp3) is 0.125. The molecule has 1 N–H and O–H groups in total. The zero-order valence-electron chi connectivity index (χ0n) is 7.45. The third kappa shape index (κ3) is 3.87. The average Bonchev–Trinajstić information content (AvgIpc) is 1.88. The summed E-state index contributed by atoms with van der Waals surface area (Å²) in [6.45, 7) is 0. The molecule has 3 heteroatoms. The standard InChI is InChI=1S/C8H8O2.Li.H/c9-8(10)6-7-4-2-1-3-5-7;;/h1-5H,6H2,(H,9,10);;/q;+1;-1. The molecule has 0 bridgehead atoms. The van der Waals surface area contributed by atoms with Gasteiger partial charge in [0.25, 0.3) is 0 Å². The van der Waals surface area contributed by atoms with Crippen LogP contribution < -0.4 is 18.9 Å². The molecule has 11 heavy (non-hydrogen) atoms. The van der Waals surface area contributed by atoms with Gasteiger partial charge in [-0.05, 0) is 5.56 Å². The summed E-state index contributed by atoms with van der Waals surface area (Å²) >= 11 is 0. The van der Waals surface area contributed by atoms with Gasteiger partial charge in [-0.1, -0.05) is 30.3 Å². The van der Waals surface area contributed by atoms with Crippen LogP contribution in [0.2, 0.25) is 0 Å². The molecule has 0 aromatic heterocycles. The molecular weight excluding hydrogens is 135 g/mol. The van der Waals surface area contributed by atoms with Crippen molar-refractivity contribution in [3.05, 3.63) is 35.9 Å². The van der Waals surface area contributed by atoms with E-state index in [2.05, 4.69) is 0 Å². The van der Waals surface area contributed by atoms with E-state index in [0.717, 1.165) is 5.56 Å². The first-order chi connectivity index (χ1) is 4.79. The van der Waals surface area contributed by atoms with E-state index in [9.17, 15) is 4.79 Å². The van der Waals surface area contributed by atoms with Gasteiger partial charge in [0.15, 0.2) is 0 Å². The van der Waals surface area contributed by atoms with E-state index in [-0.39, 0.29) is 26.7 Å². The van der Waals surface area contributed by atoms with Crippen molar-refractivity contribution in [2.45, 2.75) is 6.42 Å². The third-order valence-corrected chi connectivity index (χ3v) is 1.20. The van der Waals surface area contributed by atoms with Gasteiger partial charge >= 0.3 is 24.8 Å². The van der Waals surface area contributed by atoms with Crippen LogP contribution in [0.15, 0.2) is 30.3 Å². The molecule has 0 saturated carbocycles. The first-order valence-electron chi connectivity index (χ1n) is 3.05. The summed E-state index contributed by atoms with van der Waals surface area (Å²) in [6.07, 6.45) is 0.112. The van der Waals surface area contributed by atoms with E-state index in [1.165, 1.54) is 0 Å². The molecule has 0 amide bonds. The van der Waals surface area contributed by atoms with Crippen LogP contribution in [-0.4, -0.2) is 11.1 Å². The summed E-state index contributed by atoms with van der Waals surface area (Å²) < 4.78 is 0. The molecule has 54 valence electrons. The number of hydrogen-bond donors (Lipinski definition) is 1. The summed E-state index contributed by atoms with van der Waals surface area (Å²) in [6, 6.07) is 9.13. The Bertz CT molecular complexity index is 226. The molecule has 0 aliphatic heterocycles. The molecule has 0 atom stereocenters. The summed E-state index contributed by atoms with van der Waals surface area (Å²) in [4.78, 5) is 10.2. The number of carboxylic acids is 1. The van der Waals surface area contributed by atoms with Crippen LogP contribution in [0, 0.1) is 0 Å². The molecule has 0 aliphatic rings. The Balaban J connectivity index is 0. The van der Waals surface area contributed by atoms with Crippen molar-refractivity contribution in [1.29, 1.82) is 0 Å². The minimum Gasteiger partial charge on any atom is -1.00 e. The van der Waals surface area contributed by atoms with Gasteiger partial charge in [-0.25, -0.2) is 0 Å². The van der Waals surface area contributed by atoms with E-state index < -0.39 is 5.97 Å². The smallest absolute Gasteiger partial charge is 1.00 e. The van der Waals surface area contributed by atoms with Crippen molar-refractivity contribution in [1.82, 2.24) is 0 Å². The molecule has 1 rings (SSSR count). The summed E-state index contributed by atoms with van der Waals surface area (Å²) in [5.74, 6) is -0.786. The van der Waals surface area contributed by atoms with Crippen LogP contribution in [0.3, 0.4) is 0 Å². The van der Waals surface area contributed by atoms with Gasteiger partial charge < -0.3 is 6.53 Å². The number of carbonyl (C=O) groups is 1. The van der Waals surface area contributed by atoms with Gasteiger partial charge in [-0.2, -0.15) is 0 Å². The molecule has 2 nitrogen and oxygen atoms in total. The van der Waals surface area contributed by atoms with Gasteiger partial charge in [0.1, 0.15) is 0 Å². The average molecular weight is 144 g/mol. The predicted molar refractivity (Wildman–Crippen MR) is 38.9 cm³/mol. The second kappa shape index (κ2) is 5.01. The monoisotopic (exact) mass is 144 g/mol. The number of benzene rings is 1. The quantitative estimate of drug-likeness (QED) is 0.509. The van der Waals surface area contributed by atoms with Crippen LogP contribution in [0.1, 0.15) is 6.99 Å². The molecule has 0 aliphatic carbocycles. The van der Waals surface area contributed by atoms with Gasteiger partial charge in [0, 0.05) is 0 Å². The zero-order chi connectivity index (χ0) is 7.40. The molecular formula is C8H9LiO2. The Morgan fingerprint density at radius 1 is 1.36 bits per heavy atom. The number of hydrogen-bond acceptors (Lipinski definition) is 1. The van der Waals surface area contributed by atoms with Crippen molar-refractivity contribution in [3.8, 4) is 0 Å². The topological polar surface area (TPSA) is 37.3 Å². The largest absolute Gasteiger partial charge is 1.00 e. The Morgan fingerprint density at radius 2 is 1.91 bits per heavy atom. The maximum Gasteiger partial charge on any atom is 1.00 e. The Labute approximate surface area is 78.9 Å². The predicted octanol–water partition coefficient (Wildman–Crippen LogP) is -1.57. The van der Waals surface area contributed by atoms with Gasteiger partial charge in [0.2, 0.25) is 0 Å². The van der Waals surface area contributed by atoms with Crippen molar-refractivity contribution in [3.63, 3.8) is 0 Å². The molecule has 0 fully saturated rings. The van der Waals surface area contributed by atoms with Crippen LogP contribution in [0.4, 0.5) is 0 Å². The minimum absolute atomic E-state index is 0. The van der Waals surface area contributed by atoms with Gasteiger partial charge in [-0.15, -0.1) is 0 Å². The summed E-state index contributed by atoms with van der Waals surface area (Å²) in [5, 5.41) is 8.37. The molecule has 1 aromatic rings. The maximum absolute atomic E-state index is 10.2. The van der Waals surface area contributed by atoms with E-state index >= 15 is 0 Å². The van der Waals surface area contributed by atoms with Crippen LogP contribution in [0.25, 0.3) is 0 Å². The Hall–Kier alpha value is -0.713. The molecule has 1 aromatic carbocycles. The second-order valence-corrected chi connectivity index (χ2v) is 2.06. The zero-order valence-corrected chi connectivity index (χ0v) is 6.45. The van der Waals surface area contributed by atoms with E-state index in [1.54, 1.807) is 12.1 Å². The van der Waals surface area contributed by atoms with Crippen molar-refractivity contribution in [2.75, 3.05) is 0 Å². The Morgan fingerprint density at radius 3 is 2.36 bits per heavy atom. The Kier molecular flexibility index (Phi) is 4.68. The van der Waals surface area contributed by atoms with Crippen LogP contribution >= 0.6 is 0 Å². The van der Waals surface area contributed by atoms with Crippen LogP contribution in [0.5, 0.6) is 0 Å². The fourth-order valence-electron chi connectivity index (χ4n) is 0.770. The van der Waals surface area contributed by atoms with Crippen molar-refractivity contribution in [2.24, 2.45) is 0 Å². The minimum atomic E-state index is -0.786. The van der Waals surface area contributed by atoms with Crippen LogP contribution in [-0.2, 0) is 11.2 Å². The molecule has 0 spiro atoms. The van der Waals surface area contributed by atoms with Crippen molar-refractivity contribution < 1.29 is 30.2 Å². The van der Waals surface area contributed by atoms with Gasteiger partial charge in [-0.3, -0.25) is 4.79 Å². The maximum atomic E-state index is 10.2. The second-order valence-electron chi connectivity index (χ2n) is 2.06. The molecule has 0 radical (unpaired) electrons. The van der Waals surface area contributed by atoms with Crippen molar-refractivity contribution >= 4 is 5.97 Å². The SMILES string of the molecule is O=C(O)Cc1ccccc1.[H-].[Li+]. The van der Waals surface area contributed by atoms with Gasteiger partial charge in [0.05, 0.1) is 6.42 Å². The first-order valence-corrected chi connectivity index (χ1v) is 3.05. The fourth-order valence-corrected chi connectivity index (χ4v) is 0.770. The summed E-state index contributed by atoms with van der Waals surface area (Å²) in [7, 11) is 0. The molecule has 0 heterocycles. The van der Waals surface area contributed by atoms with E-state index in [4.69, 9.17) is 5.11 Å². The number of aliphatic carboxylic acids is 1. The number of rotatable bonds is 2. The summed E-state index contributed by atoms with van der Waals surface area (Å²) in [5.41, 5.74) is 0.843. The third-order valence-electron chi connectivity index (χ3n) is 1.20. The normalized spacial score (nSPS) is 8.36. The first kappa shape index (κ1) is 10.3. The number of carboxylic acid groups (broad SMARTS) is 1. The van der Waals surface area contributed by atoms with E-state index in [0.29, 0.717) is 0 Å². The molecule has 0 saturated heterocycles. The van der Waals surface area contributed by atoms with E-state index in [1.807, 2.05) is 18.2 Å².